The fourth-order valence-corrected chi connectivity index (χ4v) is 5.12. The molecule has 1 saturated heterocycles. The molecule has 0 bridgehead atoms. The van der Waals surface area contributed by atoms with Gasteiger partial charge in [-0.2, -0.15) is 0 Å². The van der Waals surface area contributed by atoms with Crippen LogP contribution in [0.25, 0.3) is 0 Å². The van der Waals surface area contributed by atoms with E-state index < -0.39 is 10.0 Å². The Hall–Kier alpha value is -1.40. The van der Waals surface area contributed by atoms with Crippen LogP contribution < -0.4 is 5.32 Å². The van der Waals surface area contributed by atoms with Gasteiger partial charge in [-0.25, -0.2) is 12.7 Å². The summed E-state index contributed by atoms with van der Waals surface area (Å²) in [6.07, 6.45) is 2.13. The van der Waals surface area contributed by atoms with E-state index in [4.69, 9.17) is 0 Å². The molecule has 6 heteroatoms. The molecule has 1 atom stereocenters. The molecule has 1 aromatic carbocycles. The Balaban J connectivity index is 1.71. The zero-order valence-corrected chi connectivity index (χ0v) is 13.6. The predicted molar refractivity (Wildman–Crippen MR) is 86.2 cm³/mol. The molecule has 22 heavy (non-hydrogen) atoms. The number of hydrogen-bond acceptors (Lipinski definition) is 3. The third-order valence-corrected chi connectivity index (χ3v) is 6.74. The molecular formula is C16H22N2O3S. The van der Waals surface area contributed by atoms with E-state index in [2.05, 4.69) is 5.32 Å². The number of rotatable bonds is 4. The number of amides is 1. The van der Waals surface area contributed by atoms with Crippen molar-refractivity contribution < 1.29 is 13.2 Å². The van der Waals surface area contributed by atoms with Gasteiger partial charge in [0.05, 0.1) is 11.7 Å². The Morgan fingerprint density at radius 1 is 1.23 bits per heavy atom. The Morgan fingerprint density at radius 2 is 1.91 bits per heavy atom. The maximum absolute atomic E-state index is 12.3. The number of para-hydroxylation sites is 1. The third-order valence-electron chi connectivity index (χ3n) is 4.66. The largest absolute Gasteiger partial charge is 0.325 e. The topological polar surface area (TPSA) is 66.5 Å². The Kier molecular flexibility index (Phi) is 4.23. The number of nitrogens with zero attached hydrogens (tertiary/aromatic N) is 1. The minimum Gasteiger partial charge on any atom is -0.325 e. The van der Waals surface area contributed by atoms with Crippen molar-refractivity contribution in [3.63, 3.8) is 0 Å². The normalized spacial score (nSPS) is 23.3. The molecule has 0 aromatic heterocycles. The van der Waals surface area contributed by atoms with E-state index >= 15 is 0 Å². The van der Waals surface area contributed by atoms with Crippen molar-refractivity contribution in [3.05, 3.63) is 29.8 Å². The first-order valence-electron chi connectivity index (χ1n) is 7.90. The molecule has 120 valence electrons. The van der Waals surface area contributed by atoms with Gasteiger partial charge >= 0.3 is 0 Å². The van der Waals surface area contributed by atoms with E-state index in [0.29, 0.717) is 19.5 Å². The summed E-state index contributed by atoms with van der Waals surface area (Å²) in [5, 5.41) is 2.94. The van der Waals surface area contributed by atoms with Crippen LogP contribution in [-0.4, -0.2) is 37.5 Å². The van der Waals surface area contributed by atoms with E-state index in [0.717, 1.165) is 24.1 Å². The van der Waals surface area contributed by atoms with Crippen molar-refractivity contribution in [1.82, 2.24) is 4.31 Å². The third kappa shape index (κ3) is 2.77. The standard InChI is InChI=1S/C16H22N2O3S/c1-2-11-22(20,21)18-9-7-12(8-10-18)15-13-5-3-4-6-14(13)17-16(15)19/h3-6,12,15H,2,7-11H2,1H3,(H,17,19). The number of anilines is 1. The van der Waals surface area contributed by atoms with Crippen LogP contribution in [0.5, 0.6) is 0 Å². The predicted octanol–water partition coefficient (Wildman–Crippen LogP) is 2.17. The quantitative estimate of drug-likeness (QED) is 0.924. The maximum atomic E-state index is 12.3. The molecule has 2 aliphatic rings. The number of carbonyl (C=O) groups is 1. The van der Waals surface area contributed by atoms with Crippen LogP contribution >= 0.6 is 0 Å². The number of piperidine rings is 1. The van der Waals surface area contributed by atoms with E-state index in [9.17, 15) is 13.2 Å². The van der Waals surface area contributed by atoms with Crippen molar-refractivity contribution in [2.24, 2.45) is 5.92 Å². The Labute approximate surface area is 131 Å². The second kappa shape index (κ2) is 6.01. The number of fused-ring (bicyclic) bond motifs is 1. The van der Waals surface area contributed by atoms with E-state index in [1.165, 1.54) is 0 Å². The van der Waals surface area contributed by atoms with Gasteiger partial charge in [-0.15, -0.1) is 0 Å². The molecule has 2 heterocycles. The number of carbonyl (C=O) groups excluding carboxylic acids is 1. The molecule has 0 aliphatic carbocycles. The zero-order valence-electron chi connectivity index (χ0n) is 12.8. The molecule has 0 spiro atoms. The number of hydrogen-bond donors (Lipinski definition) is 1. The lowest BCUT2D eigenvalue weighted by molar-refractivity contribution is -0.118. The van der Waals surface area contributed by atoms with Crippen LogP contribution in [-0.2, 0) is 14.8 Å². The van der Waals surface area contributed by atoms with Crippen molar-refractivity contribution in [2.75, 3.05) is 24.2 Å². The minimum absolute atomic E-state index is 0.0519. The highest BCUT2D eigenvalue weighted by Crippen LogP contribution is 2.41. The summed E-state index contributed by atoms with van der Waals surface area (Å²) in [6, 6.07) is 7.79. The molecule has 1 N–H and O–H groups in total. The molecule has 1 unspecified atom stereocenters. The molecule has 1 amide bonds. The molecule has 1 fully saturated rings. The van der Waals surface area contributed by atoms with Gasteiger partial charge in [0.25, 0.3) is 0 Å². The maximum Gasteiger partial charge on any atom is 0.232 e. The fraction of sp³-hybridized carbons (Fsp3) is 0.562. The van der Waals surface area contributed by atoms with Gasteiger partial charge in [-0.3, -0.25) is 4.79 Å². The average molecular weight is 322 g/mol. The van der Waals surface area contributed by atoms with Crippen LogP contribution in [0.15, 0.2) is 24.3 Å². The smallest absolute Gasteiger partial charge is 0.232 e. The SMILES string of the molecule is CCCS(=O)(=O)N1CCC(C2C(=O)Nc3ccccc32)CC1. The molecule has 3 rings (SSSR count). The van der Waals surface area contributed by atoms with Gasteiger partial charge in [0.2, 0.25) is 15.9 Å². The van der Waals surface area contributed by atoms with Crippen molar-refractivity contribution >= 4 is 21.6 Å². The van der Waals surface area contributed by atoms with Crippen LogP contribution in [0.4, 0.5) is 5.69 Å². The van der Waals surface area contributed by atoms with Gasteiger partial charge < -0.3 is 5.32 Å². The monoisotopic (exact) mass is 322 g/mol. The van der Waals surface area contributed by atoms with Crippen LogP contribution in [0.1, 0.15) is 37.7 Å². The fourth-order valence-electron chi connectivity index (χ4n) is 3.58. The van der Waals surface area contributed by atoms with E-state index in [1.807, 2.05) is 31.2 Å². The van der Waals surface area contributed by atoms with Crippen molar-refractivity contribution in [1.29, 1.82) is 0 Å². The lowest BCUT2D eigenvalue weighted by atomic mass is 9.81. The average Bonchev–Trinajstić information content (AvgIpc) is 2.83. The molecule has 2 aliphatic heterocycles. The van der Waals surface area contributed by atoms with Gasteiger partial charge in [-0.1, -0.05) is 25.1 Å². The second-order valence-electron chi connectivity index (χ2n) is 6.11. The van der Waals surface area contributed by atoms with Crippen LogP contribution in [0.2, 0.25) is 0 Å². The van der Waals surface area contributed by atoms with Crippen LogP contribution in [0.3, 0.4) is 0 Å². The summed E-state index contributed by atoms with van der Waals surface area (Å²) in [5.41, 5.74) is 1.96. The van der Waals surface area contributed by atoms with Crippen molar-refractivity contribution in [3.8, 4) is 0 Å². The minimum atomic E-state index is -3.12. The lowest BCUT2D eigenvalue weighted by Crippen LogP contribution is -2.41. The highest BCUT2D eigenvalue weighted by molar-refractivity contribution is 7.89. The molecular weight excluding hydrogens is 300 g/mol. The van der Waals surface area contributed by atoms with Gasteiger partial charge in [0, 0.05) is 18.8 Å². The first-order chi connectivity index (χ1) is 10.5. The van der Waals surface area contributed by atoms with Crippen LogP contribution in [0, 0.1) is 5.92 Å². The second-order valence-corrected chi connectivity index (χ2v) is 8.20. The van der Waals surface area contributed by atoms with Gasteiger partial charge in [0.15, 0.2) is 0 Å². The molecule has 0 saturated carbocycles. The first-order valence-corrected chi connectivity index (χ1v) is 9.51. The van der Waals surface area contributed by atoms with E-state index in [1.54, 1.807) is 4.31 Å². The number of sulfonamides is 1. The summed E-state index contributed by atoms with van der Waals surface area (Å²) in [4.78, 5) is 12.3. The summed E-state index contributed by atoms with van der Waals surface area (Å²) in [7, 11) is -3.12. The number of nitrogens with one attached hydrogen (secondary N) is 1. The van der Waals surface area contributed by atoms with E-state index in [-0.39, 0.29) is 23.5 Å². The lowest BCUT2D eigenvalue weighted by Gasteiger charge is -2.33. The zero-order chi connectivity index (χ0) is 15.7. The Bertz CT molecular complexity index is 664. The summed E-state index contributed by atoms with van der Waals surface area (Å²) in [6.45, 7) is 2.93. The summed E-state index contributed by atoms with van der Waals surface area (Å²) < 4.78 is 25.8. The Morgan fingerprint density at radius 3 is 2.59 bits per heavy atom. The number of benzene rings is 1. The molecule has 0 radical (unpaired) electrons. The highest BCUT2D eigenvalue weighted by atomic mass is 32.2. The summed E-state index contributed by atoms with van der Waals surface area (Å²) in [5.74, 6) is 0.352. The van der Waals surface area contributed by atoms with Crippen molar-refractivity contribution in [2.45, 2.75) is 32.1 Å². The first kappa shape index (κ1) is 15.5. The van der Waals surface area contributed by atoms with Gasteiger partial charge in [-0.05, 0) is 36.8 Å². The highest BCUT2D eigenvalue weighted by Gasteiger charge is 2.39. The molecule has 1 aromatic rings. The van der Waals surface area contributed by atoms with Gasteiger partial charge in [0.1, 0.15) is 0 Å². The molecule has 5 nitrogen and oxygen atoms in total. The summed E-state index contributed by atoms with van der Waals surface area (Å²) >= 11 is 0.